The molecule has 1 fully saturated rings. The summed E-state index contributed by atoms with van der Waals surface area (Å²) in [6.07, 6.45) is 5.37. The predicted molar refractivity (Wildman–Crippen MR) is 103 cm³/mol. The summed E-state index contributed by atoms with van der Waals surface area (Å²) in [7, 11) is 1.88. The van der Waals surface area contributed by atoms with Crippen LogP contribution in [0.2, 0.25) is 0 Å². The van der Waals surface area contributed by atoms with Crippen molar-refractivity contribution in [3.63, 3.8) is 0 Å². The molecule has 0 radical (unpaired) electrons. The Labute approximate surface area is 155 Å². The average molecular weight is 369 g/mol. The molecule has 1 saturated heterocycles. The van der Waals surface area contributed by atoms with Crippen molar-refractivity contribution in [3.8, 4) is 0 Å². The Morgan fingerprint density at radius 2 is 1.88 bits per heavy atom. The number of hydrogen-bond donors (Lipinski definition) is 1. The molecular weight excluding hydrogens is 350 g/mol. The molecule has 0 atom stereocenters. The van der Waals surface area contributed by atoms with Crippen molar-refractivity contribution in [2.75, 3.05) is 11.9 Å². The number of aryl methyl sites for hydroxylation is 3. The van der Waals surface area contributed by atoms with Gasteiger partial charge in [-0.15, -0.1) is 0 Å². The maximum absolute atomic E-state index is 12.5. The van der Waals surface area contributed by atoms with Crippen LogP contribution in [-0.4, -0.2) is 33.1 Å². The molecule has 3 amide bonds. The second-order valence-corrected chi connectivity index (χ2v) is 7.19. The SMILES string of the molecule is Cc1cccc(C)c1NC(=O)CN1C(=O)S/C(=C/c2ccn(C)c2)C1=O. The molecule has 1 aromatic carbocycles. The number of carbonyl (C=O) groups excluding carboxylic acids is 3. The van der Waals surface area contributed by atoms with Gasteiger partial charge in [-0.2, -0.15) is 0 Å². The highest BCUT2D eigenvalue weighted by atomic mass is 32.2. The first-order valence-electron chi connectivity index (χ1n) is 8.08. The molecule has 0 spiro atoms. The zero-order valence-electron chi connectivity index (χ0n) is 14.8. The van der Waals surface area contributed by atoms with Crippen LogP contribution in [-0.2, 0) is 16.6 Å². The minimum atomic E-state index is -0.444. The summed E-state index contributed by atoms with van der Waals surface area (Å²) >= 11 is 0.850. The van der Waals surface area contributed by atoms with Crippen molar-refractivity contribution in [2.24, 2.45) is 7.05 Å². The van der Waals surface area contributed by atoms with Crippen LogP contribution in [0.15, 0.2) is 41.6 Å². The monoisotopic (exact) mass is 369 g/mol. The molecule has 1 aliphatic rings. The highest BCUT2D eigenvalue weighted by Gasteiger charge is 2.36. The van der Waals surface area contributed by atoms with Crippen molar-refractivity contribution >= 4 is 40.6 Å². The van der Waals surface area contributed by atoms with E-state index >= 15 is 0 Å². The minimum Gasteiger partial charge on any atom is -0.357 e. The molecule has 2 aromatic rings. The zero-order valence-corrected chi connectivity index (χ0v) is 15.6. The van der Waals surface area contributed by atoms with E-state index in [4.69, 9.17) is 0 Å². The molecule has 26 heavy (non-hydrogen) atoms. The molecule has 1 N–H and O–H groups in total. The molecule has 0 saturated carbocycles. The molecule has 7 heteroatoms. The molecule has 0 bridgehead atoms. The lowest BCUT2D eigenvalue weighted by Gasteiger charge is -2.15. The largest absolute Gasteiger partial charge is 0.357 e. The van der Waals surface area contributed by atoms with Crippen LogP contribution in [0.5, 0.6) is 0 Å². The third-order valence-corrected chi connectivity index (χ3v) is 4.98. The fourth-order valence-corrected chi connectivity index (χ4v) is 3.57. The van der Waals surface area contributed by atoms with E-state index in [0.717, 1.165) is 33.4 Å². The van der Waals surface area contributed by atoms with Crippen LogP contribution < -0.4 is 5.32 Å². The van der Waals surface area contributed by atoms with Gasteiger partial charge < -0.3 is 9.88 Å². The highest BCUT2D eigenvalue weighted by Crippen LogP contribution is 2.32. The number of benzene rings is 1. The van der Waals surface area contributed by atoms with E-state index in [1.165, 1.54) is 0 Å². The maximum atomic E-state index is 12.5. The molecule has 0 unspecified atom stereocenters. The van der Waals surface area contributed by atoms with Gasteiger partial charge in [0.05, 0.1) is 4.91 Å². The third-order valence-electron chi connectivity index (χ3n) is 4.07. The number of para-hydroxylation sites is 1. The Kier molecular flexibility index (Phi) is 4.99. The van der Waals surface area contributed by atoms with Gasteiger partial charge in [0.2, 0.25) is 5.91 Å². The lowest BCUT2D eigenvalue weighted by atomic mass is 10.1. The summed E-state index contributed by atoms with van der Waals surface area (Å²) in [5, 5.41) is 2.36. The summed E-state index contributed by atoms with van der Waals surface area (Å²) in [6, 6.07) is 7.55. The van der Waals surface area contributed by atoms with Gasteiger partial charge in [0.15, 0.2) is 0 Å². The quantitative estimate of drug-likeness (QED) is 0.840. The maximum Gasteiger partial charge on any atom is 0.294 e. The summed E-state index contributed by atoms with van der Waals surface area (Å²) in [5.74, 6) is -0.842. The number of aromatic nitrogens is 1. The van der Waals surface area contributed by atoms with Crippen molar-refractivity contribution in [1.82, 2.24) is 9.47 Å². The lowest BCUT2D eigenvalue weighted by molar-refractivity contribution is -0.127. The van der Waals surface area contributed by atoms with Crippen LogP contribution >= 0.6 is 11.8 Å². The average Bonchev–Trinajstić information content (AvgIpc) is 3.10. The van der Waals surface area contributed by atoms with Crippen LogP contribution in [0.4, 0.5) is 10.5 Å². The van der Waals surface area contributed by atoms with Gasteiger partial charge in [0.25, 0.3) is 11.1 Å². The number of thioether (sulfide) groups is 1. The standard InChI is InChI=1S/C19H19N3O3S/c1-12-5-4-6-13(2)17(12)20-16(23)11-22-18(24)15(26-19(22)25)9-14-7-8-21(3)10-14/h4-10H,11H2,1-3H3,(H,20,23)/b15-9+. The first-order valence-corrected chi connectivity index (χ1v) is 8.90. The number of hydrogen-bond acceptors (Lipinski definition) is 4. The normalized spacial score (nSPS) is 15.8. The van der Waals surface area contributed by atoms with Gasteiger partial charge in [-0.3, -0.25) is 19.3 Å². The fraction of sp³-hybridized carbons (Fsp3) is 0.211. The topological polar surface area (TPSA) is 71.4 Å². The van der Waals surface area contributed by atoms with Crippen LogP contribution in [0.1, 0.15) is 16.7 Å². The first-order chi connectivity index (χ1) is 12.3. The van der Waals surface area contributed by atoms with E-state index in [1.807, 2.05) is 62.1 Å². The van der Waals surface area contributed by atoms with Gasteiger partial charge in [-0.05, 0) is 54.4 Å². The van der Waals surface area contributed by atoms with Gasteiger partial charge >= 0.3 is 0 Å². The number of anilines is 1. The summed E-state index contributed by atoms with van der Waals surface area (Å²) in [4.78, 5) is 38.3. The number of imide groups is 1. The van der Waals surface area contributed by atoms with Crippen LogP contribution in [0, 0.1) is 13.8 Å². The summed E-state index contributed by atoms with van der Waals surface area (Å²) in [6.45, 7) is 3.49. The van der Waals surface area contributed by atoms with E-state index in [2.05, 4.69) is 5.32 Å². The van der Waals surface area contributed by atoms with Gasteiger partial charge in [0.1, 0.15) is 6.54 Å². The van der Waals surface area contributed by atoms with E-state index in [0.29, 0.717) is 10.6 Å². The molecule has 1 aromatic heterocycles. The molecule has 3 rings (SSSR count). The Bertz CT molecular complexity index is 910. The molecule has 1 aliphatic heterocycles. The number of rotatable bonds is 4. The molecule has 2 heterocycles. The molecule has 0 aliphatic carbocycles. The second kappa shape index (κ2) is 7.21. The first kappa shape index (κ1) is 18.0. The van der Waals surface area contributed by atoms with Gasteiger partial charge in [-0.25, -0.2) is 0 Å². The summed E-state index contributed by atoms with van der Waals surface area (Å²) < 4.78 is 1.86. The van der Waals surface area contributed by atoms with E-state index in [9.17, 15) is 14.4 Å². The van der Waals surface area contributed by atoms with Crippen molar-refractivity contribution < 1.29 is 14.4 Å². The Morgan fingerprint density at radius 3 is 2.50 bits per heavy atom. The third kappa shape index (κ3) is 3.72. The Balaban J connectivity index is 1.71. The Hall–Kier alpha value is -2.80. The highest BCUT2D eigenvalue weighted by molar-refractivity contribution is 8.18. The number of carbonyl (C=O) groups is 3. The molecule has 6 nitrogen and oxygen atoms in total. The smallest absolute Gasteiger partial charge is 0.294 e. The van der Waals surface area contributed by atoms with Crippen LogP contribution in [0.25, 0.3) is 6.08 Å². The number of nitrogens with zero attached hydrogens (tertiary/aromatic N) is 2. The number of amides is 3. The van der Waals surface area contributed by atoms with E-state index in [1.54, 1.807) is 6.08 Å². The van der Waals surface area contributed by atoms with Crippen LogP contribution in [0.3, 0.4) is 0 Å². The van der Waals surface area contributed by atoms with E-state index in [-0.39, 0.29) is 6.54 Å². The van der Waals surface area contributed by atoms with Gasteiger partial charge in [0, 0.05) is 25.1 Å². The second-order valence-electron chi connectivity index (χ2n) is 6.19. The Morgan fingerprint density at radius 1 is 1.19 bits per heavy atom. The zero-order chi connectivity index (χ0) is 18.8. The van der Waals surface area contributed by atoms with Crippen molar-refractivity contribution in [1.29, 1.82) is 0 Å². The minimum absolute atomic E-state index is 0.301. The van der Waals surface area contributed by atoms with Gasteiger partial charge in [-0.1, -0.05) is 18.2 Å². The molecular formula is C19H19N3O3S. The fourth-order valence-electron chi connectivity index (χ4n) is 2.73. The van der Waals surface area contributed by atoms with E-state index < -0.39 is 17.1 Å². The van der Waals surface area contributed by atoms with Crippen molar-refractivity contribution in [2.45, 2.75) is 13.8 Å². The summed E-state index contributed by atoms with van der Waals surface area (Å²) in [5.41, 5.74) is 3.40. The van der Waals surface area contributed by atoms with Crippen molar-refractivity contribution in [3.05, 3.63) is 58.3 Å². The lowest BCUT2D eigenvalue weighted by Crippen LogP contribution is -2.36. The number of nitrogens with one attached hydrogen (secondary N) is 1. The molecule has 134 valence electrons. The predicted octanol–water partition coefficient (Wildman–Crippen LogP) is 3.32.